The van der Waals surface area contributed by atoms with Crippen LogP contribution < -0.4 is 0 Å². The SMILES string of the molecule is O=C(OC[C@@]1(O[C@H]2O[C@H](CO)[C@@H](O)[C@H](O)[C@H]2O)O[C@H](CO)[C@@H](O)[C@@H]1O)C(O)C(O)C(O)C(O)C(O)C(O)CO. The predicted octanol–water partition coefficient (Wildman–Crippen LogP) is -9.69. The van der Waals surface area contributed by atoms with Crippen LogP contribution in [0.15, 0.2) is 0 Å². The fourth-order valence-electron chi connectivity index (χ4n) is 3.94. The van der Waals surface area contributed by atoms with E-state index in [-0.39, 0.29) is 0 Å². The van der Waals surface area contributed by atoms with Crippen LogP contribution in [0.25, 0.3) is 0 Å². The van der Waals surface area contributed by atoms with Gasteiger partial charge in [0.25, 0.3) is 0 Å². The zero-order valence-electron chi connectivity index (χ0n) is 20.2. The van der Waals surface area contributed by atoms with E-state index in [9.17, 15) is 71.2 Å². The topological polar surface area (TPSA) is 337 Å². The predicted molar refractivity (Wildman–Crippen MR) is 116 cm³/mol. The second-order valence-electron chi connectivity index (χ2n) is 9.17. The van der Waals surface area contributed by atoms with Crippen LogP contribution in [0.1, 0.15) is 0 Å². The molecule has 2 aliphatic heterocycles. The van der Waals surface area contributed by atoms with E-state index in [1.807, 2.05) is 0 Å². The van der Waals surface area contributed by atoms with Gasteiger partial charge in [0.15, 0.2) is 12.4 Å². The lowest BCUT2D eigenvalue weighted by Crippen LogP contribution is -2.63. The largest absolute Gasteiger partial charge is 0.458 e. The van der Waals surface area contributed by atoms with Crippen LogP contribution in [-0.2, 0) is 23.7 Å². The lowest BCUT2D eigenvalue weighted by Gasteiger charge is -2.43. The Hall–Kier alpha value is -1.21. The number of rotatable bonds is 13. The highest BCUT2D eigenvalue weighted by atomic mass is 16.8. The first-order chi connectivity index (χ1) is 18.2. The van der Waals surface area contributed by atoms with Crippen molar-refractivity contribution in [2.24, 2.45) is 0 Å². The fourth-order valence-corrected chi connectivity index (χ4v) is 3.94. The number of ether oxygens (including phenoxy) is 4. The highest BCUT2D eigenvalue weighted by molar-refractivity contribution is 5.75. The van der Waals surface area contributed by atoms with E-state index in [0.29, 0.717) is 0 Å². The summed E-state index contributed by atoms with van der Waals surface area (Å²) in [5, 5.41) is 137. The molecule has 230 valence electrons. The van der Waals surface area contributed by atoms with Gasteiger partial charge in [-0.15, -0.1) is 0 Å². The van der Waals surface area contributed by atoms with Crippen LogP contribution in [0.2, 0.25) is 0 Å². The van der Waals surface area contributed by atoms with Crippen molar-refractivity contribution in [1.82, 2.24) is 0 Å². The number of hydrogen-bond acceptors (Lipinski definition) is 19. The molecule has 19 nitrogen and oxygen atoms in total. The van der Waals surface area contributed by atoms with Gasteiger partial charge in [-0.2, -0.15) is 0 Å². The van der Waals surface area contributed by atoms with Crippen LogP contribution in [-0.4, -0.2) is 195 Å². The highest BCUT2D eigenvalue weighted by Crippen LogP contribution is 2.36. The molecule has 0 radical (unpaired) electrons. The van der Waals surface area contributed by atoms with Gasteiger partial charge in [0.2, 0.25) is 5.79 Å². The molecule has 0 aliphatic carbocycles. The molecule has 2 saturated heterocycles. The Morgan fingerprint density at radius 2 is 1.31 bits per heavy atom. The maximum atomic E-state index is 12.4. The normalized spacial score (nSPS) is 39.9. The van der Waals surface area contributed by atoms with E-state index >= 15 is 0 Å². The molecule has 14 N–H and O–H groups in total. The zero-order chi connectivity index (χ0) is 29.8. The first kappa shape index (κ1) is 34.0. The molecule has 39 heavy (non-hydrogen) atoms. The summed E-state index contributed by atoms with van der Waals surface area (Å²) in [6.45, 7) is -4.12. The monoisotopic (exact) mass is 580 g/mol. The van der Waals surface area contributed by atoms with Crippen molar-refractivity contribution >= 4 is 5.97 Å². The standard InChI is InChI=1S/C20H36O19/c21-1-5(24)8(25)11(28)13(30)14(31)15(32)18(35)36-4-20(17(34)10(27)7(3-23)38-20)39-19-16(33)12(29)9(26)6(2-22)37-19/h5-17,19,21-34H,1-4H2/t5?,6-,7-,8?,9-,10-,11?,12+,13?,14?,15?,16-,17+,19-,20+/m1/s1. The Morgan fingerprint density at radius 3 is 1.82 bits per heavy atom. The molecule has 0 aromatic heterocycles. The van der Waals surface area contributed by atoms with Crippen molar-refractivity contribution in [2.45, 2.75) is 91.4 Å². The Bertz CT molecular complexity index is 771. The summed E-state index contributed by atoms with van der Waals surface area (Å²) in [5.41, 5.74) is 0. The van der Waals surface area contributed by atoms with Crippen LogP contribution in [0, 0.1) is 0 Å². The molecule has 0 spiro atoms. The molecular weight excluding hydrogens is 544 g/mol. The summed E-state index contributed by atoms with van der Waals surface area (Å²) >= 11 is 0. The van der Waals surface area contributed by atoms with E-state index in [1.54, 1.807) is 0 Å². The minimum absolute atomic E-state index is 0.875. The van der Waals surface area contributed by atoms with E-state index < -0.39 is 124 Å². The lowest BCUT2D eigenvalue weighted by atomic mass is 9.96. The Balaban J connectivity index is 2.19. The summed E-state index contributed by atoms with van der Waals surface area (Å²) in [5.74, 6) is -4.46. The smallest absolute Gasteiger partial charge is 0.338 e. The molecule has 2 fully saturated rings. The molecule has 0 amide bonds. The summed E-state index contributed by atoms with van der Waals surface area (Å²) in [6.07, 6.45) is -29.2. The van der Waals surface area contributed by atoms with E-state index in [4.69, 9.17) is 24.1 Å². The van der Waals surface area contributed by atoms with Crippen LogP contribution in [0.5, 0.6) is 0 Å². The Kier molecular flexibility index (Phi) is 12.3. The number of aliphatic hydroxyl groups is 14. The fraction of sp³-hybridized carbons (Fsp3) is 0.950. The number of carbonyl (C=O) groups excluding carboxylic acids is 1. The first-order valence-electron chi connectivity index (χ1n) is 11.7. The maximum absolute atomic E-state index is 12.4. The quantitative estimate of drug-likeness (QED) is 0.0898. The average molecular weight is 580 g/mol. The summed E-state index contributed by atoms with van der Waals surface area (Å²) in [4.78, 5) is 12.4. The van der Waals surface area contributed by atoms with Gasteiger partial charge in [0.05, 0.1) is 19.8 Å². The van der Waals surface area contributed by atoms with E-state index in [2.05, 4.69) is 0 Å². The highest BCUT2D eigenvalue weighted by Gasteiger charge is 2.59. The summed E-state index contributed by atoms with van der Waals surface area (Å²) < 4.78 is 20.6. The number of carbonyl (C=O) groups is 1. The zero-order valence-corrected chi connectivity index (χ0v) is 20.2. The molecule has 0 aromatic carbocycles. The molecule has 15 atom stereocenters. The molecule has 6 unspecified atom stereocenters. The molecule has 2 aliphatic rings. The van der Waals surface area contributed by atoms with Crippen molar-refractivity contribution < 1.29 is 95.2 Å². The van der Waals surface area contributed by atoms with Gasteiger partial charge in [-0.1, -0.05) is 0 Å². The molecule has 19 heteroatoms. The number of aliphatic hydroxyl groups excluding tert-OH is 14. The van der Waals surface area contributed by atoms with Crippen LogP contribution in [0.3, 0.4) is 0 Å². The van der Waals surface area contributed by atoms with E-state index in [1.165, 1.54) is 0 Å². The molecule has 2 heterocycles. The van der Waals surface area contributed by atoms with Gasteiger partial charge < -0.3 is 90.4 Å². The van der Waals surface area contributed by atoms with Crippen molar-refractivity contribution in [3.05, 3.63) is 0 Å². The number of esters is 1. The Labute approximate surface area is 219 Å². The van der Waals surface area contributed by atoms with Crippen molar-refractivity contribution in [2.75, 3.05) is 26.4 Å². The third-order valence-electron chi connectivity index (χ3n) is 6.46. The van der Waals surface area contributed by atoms with Gasteiger partial charge >= 0.3 is 5.97 Å². The van der Waals surface area contributed by atoms with Gasteiger partial charge in [0, 0.05) is 0 Å². The molecule has 0 aromatic rings. The van der Waals surface area contributed by atoms with E-state index in [0.717, 1.165) is 0 Å². The maximum Gasteiger partial charge on any atom is 0.338 e. The first-order valence-corrected chi connectivity index (χ1v) is 11.7. The Morgan fingerprint density at radius 1 is 0.744 bits per heavy atom. The minimum atomic E-state index is -2.69. The molecule has 0 saturated carbocycles. The van der Waals surface area contributed by atoms with Gasteiger partial charge in [-0.25, -0.2) is 4.79 Å². The van der Waals surface area contributed by atoms with Gasteiger partial charge in [0.1, 0.15) is 79.9 Å². The average Bonchev–Trinajstić information content (AvgIpc) is 3.18. The summed E-state index contributed by atoms with van der Waals surface area (Å²) in [6, 6.07) is 0. The lowest BCUT2D eigenvalue weighted by molar-refractivity contribution is -0.384. The number of hydrogen-bond donors (Lipinski definition) is 14. The molecular formula is C20H36O19. The molecule has 0 bridgehead atoms. The van der Waals surface area contributed by atoms with Crippen molar-refractivity contribution in [1.29, 1.82) is 0 Å². The van der Waals surface area contributed by atoms with Gasteiger partial charge in [-0.05, 0) is 0 Å². The second-order valence-corrected chi connectivity index (χ2v) is 9.17. The second kappa shape index (κ2) is 14.1. The van der Waals surface area contributed by atoms with Crippen LogP contribution in [0.4, 0.5) is 0 Å². The summed E-state index contributed by atoms with van der Waals surface area (Å²) in [7, 11) is 0. The third kappa shape index (κ3) is 7.17. The third-order valence-corrected chi connectivity index (χ3v) is 6.46. The van der Waals surface area contributed by atoms with Gasteiger partial charge in [-0.3, -0.25) is 0 Å². The van der Waals surface area contributed by atoms with Crippen LogP contribution >= 0.6 is 0 Å². The van der Waals surface area contributed by atoms with Crippen molar-refractivity contribution in [3.63, 3.8) is 0 Å². The minimum Gasteiger partial charge on any atom is -0.458 e. The van der Waals surface area contributed by atoms with Crippen molar-refractivity contribution in [3.8, 4) is 0 Å². The molecule has 2 rings (SSSR count).